The highest BCUT2D eigenvalue weighted by Gasteiger charge is 2.61. The van der Waals surface area contributed by atoms with Gasteiger partial charge in [-0.2, -0.15) is 0 Å². The monoisotopic (exact) mass is 419 g/mol. The minimum absolute atomic E-state index is 0.475. The third-order valence-electron chi connectivity index (χ3n) is 8.17. The van der Waals surface area contributed by atoms with Crippen molar-refractivity contribution in [3.05, 3.63) is 65.7 Å². The van der Waals surface area contributed by atoms with Crippen molar-refractivity contribution in [1.82, 2.24) is 14.7 Å². The van der Waals surface area contributed by atoms with Gasteiger partial charge in [-0.25, -0.2) is 0 Å². The predicted octanol–water partition coefficient (Wildman–Crippen LogP) is 4.12. The van der Waals surface area contributed by atoms with Crippen molar-refractivity contribution in [3.63, 3.8) is 0 Å². The van der Waals surface area contributed by atoms with E-state index < -0.39 is 0 Å². The molecule has 0 aliphatic carbocycles. The van der Waals surface area contributed by atoms with E-state index in [0.717, 1.165) is 18.8 Å². The van der Waals surface area contributed by atoms with Crippen LogP contribution in [0.5, 0.6) is 5.75 Å². The summed E-state index contributed by atoms with van der Waals surface area (Å²) in [6.07, 6.45) is 4.04. The average Bonchev–Trinajstić information content (AvgIpc) is 2.91. The maximum atomic E-state index is 5.32. The van der Waals surface area contributed by atoms with Crippen LogP contribution in [0.25, 0.3) is 0 Å². The van der Waals surface area contributed by atoms with Crippen LogP contribution in [0.4, 0.5) is 0 Å². The van der Waals surface area contributed by atoms with Crippen molar-refractivity contribution in [2.75, 3.05) is 53.4 Å². The van der Waals surface area contributed by atoms with Crippen molar-refractivity contribution >= 4 is 0 Å². The van der Waals surface area contributed by atoms with Crippen LogP contribution in [0, 0.1) is 10.8 Å². The number of benzene rings is 2. The Morgan fingerprint density at radius 3 is 2.13 bits per heavy atom. The molecule has 4 heteroatoms. The Labute approximate surface area is 187 Å². The first-order valence-electron chi connectivity index (χ1n) is 11.9. The van der Waals surface area contributed by atoms with E-state index in [1.807, 2.05) is 0 Å². The van der Waals surface area contributed by atoms with Gasteiger partial charge < -0.3 is 9.64 Å². The van der Waals surface area contributed by atoms with E-state index in [9.17, 15) is 0 Å². The van der Waals surface area contributed by atoms with Gasteiger partial charge in [-0.05, 0) is 68.1 Å². The molecule has 4 nitrogen and oxygen atoms in total. The number of ether oxygens (including phenoxy) is 1. The van der Waals surface area contributed by atoms with Crippen LogP contribution in [0.2, 0.25) is 0 Å². The molecule has 5 rings (SSSR count). The van der Waals surface area contributed by atoms with Gasteiger partial charge in [0, 0.05) is 44.7 Å². The van der Waals surface area contributed by atoms with Crippen LogP contribution in [0.1, 0.15) is 30.4 Å². The van der Waals surface area contributed by atoms with Crippen LogP contribution < -0.4 is 4.74 Å². The Morgan fingerprint density at radius 1 is 0.742 bits per heavy atom. The van der Waals surface area contributed by atoms with Crippen molar-refractivity contribution in [2.24, 2.45) is 10.8 Å². The zero-order chi connectivity index (χ0) is 21.3. The van der Waals surface area contributed by atoms with Gasteiger partial charge in [0.1, 0.15) is 5.75 Å². The summed E-state index contributed by atoms with van der Waals surface area (Å²) in [5.41, 5.74) is 3.82. The highest BCUT2D eigenvalue weighted by molar-refractivity contribution is 5.27. The van der Waals surface area contributed by atoms with Gasteiger partial charge in [-0.15, -0.1) is 0 Å². The van der Waals surface area contributed by atoms with Crippen LogP contribution in [0.3, 0.4) is 0 Å². The lowest BCUT2D eigenvalue weighted by atomic mass is 9.58. The molecule has 0 radical (unpaired) electrons. The fourth-order valence-corrected chi connectivity index (χ4v) is 6.71. The minimum Gasteiger partial charge on any atom is -0.497 e. The Kier molecular flexibility index (Phi) is 5.80. The first-order valence-corrected chi connectivity index (χ1v) is 11.9. The average molecular weight is 420 g/mol. The molecule has 0 N–H and O–H groups in total. The quantitative estimate of drug-likeness (QED) is 0.726. The summed E-state index contributed by atoms with van der Waals surface area (Å²) in [5.74, 6) is 0.944. The lowest BCUT2D eigenvalue weighted by Gasteiger charge is -2.56. The third kappa shape index (κ3) is 4.13. The molecule has 0 aromatic heterocycles. The molecule has 0 unspecified atom stereocenters. The zero-order valence-electron chi connectivity index (χ0n) is 19.2. The van der Waals surface area contributed by atoms with Crippen LogP contribution >= 0.6 is 0 Å². The fourth-order valence-electron chi connectivity index (χ4n) is 6.71. The highest BCUT2D eigenvalue weighted by atomic mass is 16.5. The standard InChI is InChI=1S/C27H37N3O/c1-28-19-27(20-28)22-30(18-23-7-4-3-5-8-23)21-26(27)13-6-15-29(16-14-26)17-24-9-11-25(31-2)12-10-24/h3-5,7-12H,6,13-22H2,1-2H3/t26-/m0/s1. The van der Waals surface area contributed by atoms with E-state index in [0.29, 0.717) is 10.8 Å². The van der Waals surface area contributed by atoms with E-state index in [2.05, 4.69) is 76.3 Å². The second-order valence-electron chi connectivity index (χ2n) is 10.3. The summed E-state index contributed by atoms with van der Waals surface area (Å²) in [7, 11) is 4.03. The van der Waals surface area contributed by atoms with Crippen molar-refractivity contribution in [2.45, 2.75) is 32.4 Å². The van der Waals surface area contributed by atoms with E-state index >= 15 is 0 Å². The molecular weight excluding hydrogens is 382 g/mol. The minimum atomic E-state index is 0.475. The van der Waals surface area contributed by atoms with Gasteiger partial charge in [0.2, 0.25) is 0 Å². The topological polar surface area (TPSA) is 19.0 Å². The molecule has 2 aromatic rings. The molecule has 3 fully saturated rings. The molecule has 1 atom stereocenters. The van der Waals surface area contributed by atoms with Gasteiger partial charge in [0.15, 0.2) is 0 Å². The van der Waals surface area contributed by atoms with Gasteiger partial charge in [0.05, 0.1) is 7.11 Å². The summed E-state index contributed by atoms with van der Waals surface area (Å²) >= 11 is 0. The number of fused-ring (bicyclic) bond motifs is 1. The molecule has 0 bridgehead atoms. The Morgan fingerprint density at radius 2 is 1.42 bits per heavy atom. The first-order chi connectivity index (χ1) is 15.1. The van der Waals surface area contributed by atoms with E-state index in [4.69, 9.17) is 4.74 Å². The molecule has 3 aliphatic heterocycles. The largest absolute Gasteiger partial charge is 0.497 e. The Hall–Kier alpha value is -1.88. The molecular formula is C27H37N3O. The normalized spacial score (nSPS) is 26.8. The molecule has 2 aromatic carbocycles. The third-order valence-corrected chi connectivity index (χ3v) is 8.17. The van der Waals surface area contributed by atoms with Crippen molar-refractivity contribution in [1.29, 1.82) is 0 Å². The predicted molar refractivity (Wildman–Crippen MR) is 126 cm³/mol. The van der Waals surface area contributed by atoms with Gasteiger partial charge in [-0.3, -0.25) is 9.80 Å². The van der Waals surface area contributed by atoms with Crippen LogP contribution in [-0.2, 0) is 13.1 Å². The number of hydrogen-bond donors (Lipinski definition) is 0. The van der Waals surface area contributed by atoms with Gasteiger partial charge >= 0.3 is 0 Å². The lowest BCUT2D eigenvalue weighted by molar-refractivity contribution is -0.0637. The van der Waals surface area contributed by atoms with E-state index in [1.54, 1.807) is 7.11 Å². The van der Waals surface area contributed by atoms with Gasteiger partial charge in [0.25, 0.3) is 0 Å². The van der Waals surface area contributed by atoms with Crippen LogP contribution in [-0.4, -0.2) is 68.1 Å². The summed E-state index contributed by atoms with van der Waals surface area (Å²) in [4.78, 5) is 7.99. The number of hydrogen-bond acceptors (Lipinski definition) is 4. The number of likely N-dealkylation sites (tertiary alicyclic amines) is 3. The number of nitrogens with zero attached hydrogens (tertiary/aromatic N) is 3. The zero-order valence-corrected chi connectivity index (χ0v) is 19.2. The van der Waals surface area contributed by atoms with E-state index in [-0.39, 0.29) is 0 Å². The molecule has 2 spiro atoms. The van der Waals surface area contributed by atoms with Crippen LogP contribution in [0.15, 0.2) is 54.6 Å². The molecule has 166 valence electrons. The summed E-state index contributed by atoms with van der Waals surface area (Å²) < 4.78 is 5.32. The molecule has 3 saturated heterocycles. The van der Waals surface area contributed by atoms with Crippen molar-refractivity contribution < 1.29 is 4.74 Å². The SMILES string of the molecule is COc1ccc(CN2CCC[C@]3(CC2)CN(Cc2ccccc2)CC32CN(C)C2)cc1. The van der Waals surface area contributed by atoms with Gasteiger partial charge in [-0.1, -0.05) is 42.5 Å². The smallest absolute Gasteiger partial charge is 0.118 e. The van der Waals surface area contributed by atoms with E-state index in [1.165, 1.54) is 69.7 Å². The molecule has 3 aliphatic rings. The van der Waals surface area contributed by atoms with Crippen molar-refractivity contribution in [3.8, 4) is 5.75 Å². The summed E-state index contributed by atoms with van der Waals surface area (Å²) in [5, 5.41) is 0. The molecule has 0 saturated carbocycles. The maximum Gasteiger partial charge on any atom is 0.118 e. The fraction of sp³-hybridized carbons (Fsp3) is 0.556. The Balaban J connectivity index is 1.28. The second kappa shape index (κ2) is 8.57. The summed E-state index contributed by atoms with van der Waals surface area (Å²) in [6.45, 7) is 9.68. The second-order valence-corrected chi connectivity index (χ2v) is 10.3. The summed E-state index contributed by atoms with van der Waals surface area (Å²) in [6, 6.07) is 19.7. The molecule has 0 amide bonds. The first kappa shape index (κ1) is 21.0. The number of rotatable bonds is 5. The lowest BCUT2D eigenvalue weighted by Crippen LogP contribution is -2.63. The maximum absolute atomic E-state index is 5.32. The Bertz CT molecular complexity index is 862. The molecule has 3 heterocycles. The highest BCUT2D eigenvalue weighted by Crippen LogP contribution is 2.57. The number of methoxy groups -OCH3 is 1. The molecule has 31 heavy (non-hydrogen) atoms.